The molecular formula is C16H19Cl2N5OS2. The topological polar surface area (TPSA) is 93.8 Å². The fraction of sp³-hybridized carbons (Fsp3) is 0.250. The number of hydrogen-bond donors (Lipinski definition) is 2. The van der Waals surface area contributed by atoms with E-state index in [-0.39, 0.29) is 30.7 Å². The summed E-state index contributed by atoms with van der Waals surface area (Å²) in [5.41, 5.74) is 7.67. The van der Waals surface area contributed by atoms with Crippen LogP contribution in [0.1, 0.15) is 20.5 Å². The van der Waals surface area contributed by atoms with Gasteiger partial charge in [0.1, 0.15) is 5.69 Å². The zero-order chi connectivity index (χ0) is 16.8. The van der Waals surface area contributed by atoms with Gasteiger partial charge in [0.25, 0.3) is 5.91 Å². The smallest absolute Gasteiger partial charge is 0.270 e. The Morgan fingerprint density at radius 1 is 1.04 bits per heavy atom. The van der Waals surface area contributed by atoms with Crippen LogP contribution in [0.25, 0.3) is 11.4 Å². The van der Waals surface area contributed by atoms with Crippen molar-refractivity contribution in [3.8, 4) is 11.4 Å². The Labute approximate surface area is 172 Å². The summed E-state index contributed by atoms with van der Waals surface area (Å²) in [6.45, 7) is 1.06. The van der Waals surface area contributed by atoms with E-state index in [1.54, 1.807) is 22.9 Å². The Morgan fingerprint density at radius 3 is 2.54 bits per heavy atom. The normalized spacial score (nSPS) is 9.88. The van der Waals surface area contributed by atoms with E-state index in [2.05, 4.69) is 20.3 Å². The van der Waals surface area contributed by atoms with Crippen molar-refractivity contribution in [2.24, 2.45) is 5.73 Å². The Hall–Kier alpha value is -1.58. The van der Waals surface area contributed by atoms with Crippen LogP contribution in [0.4, 0.5) is 0 Å². The molecule has 0 aliphatic carbocycles. The van der Waals surface area contributed by atoms with E-state index in [0.717, 1.165) is 21.4 Å². The Morgan fingerprint density at radius 2 is 1.81 bits per heavy atom. The molecule has 0 unspecified atom stereocenters. The molecule has 3 aromatic heterocycles. The van der Waals surface area contributed by atoms with Gasteiger partial charge in [0.2, 0.25) is 0 Å². The van der Waals surface area contributed by atoms with E-state index in [4.69, 9.17) is 5.73 Å². The highest BCUT2D eigenvalue weighted by molar-refractivity contribution is 7.10. The lowest BCUT2D eigenvalue weighted by Gasteiger charge is -2.01. The number of rotatable bonds is 7. The second-order valence-electron chi connectivity index (χ2n) is 5.01. The number of nitrogens with one attached hydrogen (secondary N) is 1. The van der Waals surface area contributed by atoms with Gasteiger partial charge >= 0.3 is 0 Å². The van der Waals surface area contributed by atoms with Crippen LogP contribution in [0.2, 0.25) is 0 Å². The summed E-state index contributed by atoms with van der Waals surface area (Å²) < 4.78 is 0. The summed E-state index contributed by atoms with van der Waals surface area (Å²) in [6.07, 6.45) is 3.14. The van der Waals surface area contributed by atoms with E-state index >= 15 is 0 Å². The molecule has 0 aliphatic rings. The standard InChI is InChI=1S/C16H17N5OS2.2ClH/c17-6-4-14-21-13(10-24-14)16(22)19-8-5-15-20-12(9-23-15)11-3-1-2-7-18-11;;/h1-3,7,9-10H,4-6,8,17H2,(H,19,22);2*1H. The first kappa shape index (κ1) is 22.5. The van der Waals surface area contributed by atoms with Gasteiger partial charge in [0.05, 0.1) is 21.4 Å². The van der Waals surface area contributed by atoms with Crippen LogP contribution < -0.4 is 11.1 Å². The second kappa shape index (κ2) is 11.2. The van der Waals surface area contributed by atoms with Crippen LogP contribution >= 0.6 is 47.5 Å². The molecule has 3 aromatic rings. The minimum Gasteiger partial charge on any atom is -0.350 e. The summed E-state index contributed by atoms with van der Waals surface area (Å²) >= 11 is 3.04. The van der Waals surface area contributed by atoms with E-state index in [1.165, 1.54) is 11.3 Å². The summed E-state index contributed by atoms with van der Waals surface area (Å²) in [4.78, 5) is 25.2. The van der Waals surface area contributed by atoms with Gasteiger partial charge in [-0.05, 0) is 18.7 Å². The summed E-state index contributed by atoms with van der Waals surface area (Å²) in [6, 6.07) is 5.75. The highest BCUT2D eigenvalue weighted by atomic mass is 35.5. The number of aromatic nitrogens is 3. The fourth-order valence-corrected chi connectivity index (χ4v) is 3.67. The second-order valence-corrected chi connectivity index (χ2v) is 6.90. The zero-order valence-electron chi connectivity index (χ0n) is 13.8. The average Bonchev–Trinajstić information content (AvgIpc) is 3.26. The molecule has 0 aromatic carbocycles. The number of thiazole rings is 2. The third-order valence-electron chi connectivity index (χ3n) is 3.25. The molecule has 0 fully saturated rings. The molecule has 6 nitrogen and oxygen atoms in total. The predicted octanol–water partition coefficient (Wildman–Crippen LogP) is 2.98. The quantitative estimate of drug-likeness (QED) is 0.599. The van der Waals surface area contributed by atoms with E-state index in [1.807, 2.05) is 23.6 Å². The van der Waals surface area contributed by atoms with E-state index < -0.39 is 0 Å². The van der Waals surface area contributed by atoms with Crippen molar-refractivity contribution < 1.29 is 4.79 Å². The van der Waals surface area contributed by atoms with Crippen molar-refractivity contribution in [1.82, 2.24) is 20.3 Å². The molecule has 26 heavy (non-hydrogen) atoms. The van der Waals surface area contributed by atoms with Crippen LogP contribution in [0, 0.1) is 0 Å². The minimum atomic E-state index is -0.156. The average molecular weight is 432 g/mol. The maximum absolute atomic E-state index is 12.1. The molecule has 140 valence electrons. The number of pyridine rings is 1. The number of carbonyl (C=O) groups is 1. The molecule has 0 atom stereocenters. The Balaban J connectivity index is 0.00000169. The van der Waals surface area contributed by atoms with Gasteiger partial charge in [-0.15, -0.1) is 47.5 Å². The Bertz CT molecular complexity index is 810. The third kappa shape index (κ3) is 6.00. The van der Waals surface area contributed by atoms with Crippen LogP contribution in [-0.4, -0.2) is 33.9 Å². The van der Waals surface area contributed by atoms with Crippen molar-refractivity contribution in [3.05, 3.63) is 50.9 Å². The molecule has 0 aliphatic heterocycles. The molecule has 10 heteroatoms. The van der Waals surface area contributed by atoms with Crippen LogP contribution in [0.3, 0.4) is 0 Å². The largest absolute Gasteiger partial charge is 0.350 e. The molecule has 0 spiro atoms. The first-order valence-corrected chi connectivity index (χ1v) is 9.30. The zero-order valence-corrected chi connectivity index (χ0v) is 17.0. The van der Waals surface area contributed by atoms with Crippen molar-refractivity contribution >= 4 is 53.4 Å². The predicted molar refractivity (Wildman–Crippen MR) is 111 cm³/mol. The van der Waals surface area contributed by atoms with Gasteiger partial charge in [0.15, 0.2) is 0 Å². The minimum absolute atomic E-state index is 0. The fourth-order valence-electron chi connectivity index (χ4n) is 2.08. The molecule has 3 rings (SSSR count). The molecule has 0 saturated heterocycles. The molecular weight excluding hydrogens is 413 g/mol. The van der Waals surface area contributed by atoms with Gasteiger partial charge in [-0.25, -0.2) is 9.97 Å². The molecule has 0 bridgehead atoms. The SMILES string of the molecule is Cl.Cl.NCCc1nc(C(=O)NCCc2nc(-c3ccccn3)cs2)cs1. The summed E-state index contributed by atoms with van der Waals surface area (Å²) in [5.74, 6) is -0.156. The van der Waals surface area contributed by atoms with Crippen LogP contribution in [0.15, 0.2) is 35.2 Å². The number of hydrogen-bond acceptors (Lipinski definition) is 7. The lowest BCUT2D eigenvalue weighted by atomic mass is 10.3. The maximum Gasteiger partial charge on any atom is 0.270 e. The molecule has 0 radical (unpaired) electrons. The lowest BCUT2D eigenvalue weighted by molar-refractivity contribution is 0.0949. The molecule has 3 heterocycles. The summed E-state index contributed by atoms with van der Waals surface area (Å²) in [5, 5.41) is 8.49. The van der Waals surface area contributed by atoms with E-state index in [9.17, 15) is 4.79 Å². The van der Waals surface area contributed by atoms with Gasteiger partial charge in [-0.1, -0.05) is 6.07 Å². The first-order valence-electron chi connectivity index (χ1n) is 7.54. The number of halogens is 2. The highest BCUT2D eigenvalue weighted by Crippen LogP contribution is 2.19. The first-order chi connectivity index (χ1) is 11.8. The van der Waals surface area contributed by atoms with Crippen molar-refractivity contribution in [2.75, 3.05) is 13.1 Å². The van der Waals surface area contributed by atoms with Gasteiger partial charge in [-0.2, -0.15) is 0 Å². The molecule has 0 saturated carbocycles. The van der Waals surface area contributed by atoms with Crippen molar-refractivity contribution in [3.63, 3.8) is 0 Å². The number of amides is 1. The van der Waals surface area contributed by atoms with Crippen LogP contribution in [0.5, 0.6) is 0 Å². The molecule has 3 N–H and O–H groups in total. The highest BCUT2D eigenvalue weighted by Gasteiger charge is 2.11. The van der Waals surface area contributed by atoms with Gasteiger partial charge < -0.3 is 11.1 Å². The Kier molecular flexibility index (Phi) is 9.68. The van der Waals surface area contributed by atoms with Crippen molar-refractivity contribution in [2.45, 2.75) is 12.8 Å². The van der Waals surface area contributed by atoms with Crippen LogP contribution in [-0.2, 0) is 12.8 Å². The monoisotopic (exact) mass is 431 g/mol. The van der Waals surface area contributed by atoms with Gasteiger partial charge in [0, 0.05) is 36.3 Å². The van der Waals surface area contributed by atoms with E-state index in [0.29, 0.717) is 31.6 Å². The summed E-state index contributed by atoms with van der Waals surface area (Å²) in [7, 11) is 0. The number of carbonyl (C=O) groups excluding carboxylic acids is 1. The number of nitrogens with two attached hydrogens (primary N) is 1. The van der Waals surface area contributed by atoms with Gasteiger partial charge in [-0.3, -0.25) is 9.78 Å². The maximum atomic E-state index is 12.1. The van der Waals surface area contributed by atoms with Crippen molar-refractivity contribution in [1.29, 1.82) is 0 Å². The lowest BCUT2D eigenvalue weighted by Crippen LogP contribution is -2.26. The third-order valence-corrected chi connectivity index (χ3v) is 5.06. The molecule has 1 amide bonds. The number of nitrogens with zero attached hydrogens (tertiary/aromatic N) is 3.